The number of nitrogens with one attached hydrogen (secondary N) is 1. The highest BCUT2D eigenvalue weighted by Gasteiger charge is 2.15. The van der Waals surface area contributed by atoms with Crippen molar-refractivity contribution in [1.29, 1.82) is 0 Å². The van der Waals surface area contributed by atoms with Gasteiger partial charge in [-0.15, -0.1) is 10.2 Å². The smallest absolute Gasteiger partial charge is 0.258 e. The van der Waals surface area contributed by atoms with Crippen LogP contribution in [0.4, 0.5) is 5.13 Å². The lowest BCUT2D eigenvalue weighted by molar-refractivity contribution is 0.102. The first-order chi connectivity index (χ1) is 8.47. The van der Waals surface area contributed by atoms with Crippen molar-refractivity contribution in [3.63, 3.8) is 0 Å². The number of benzene rings is 1. The second-order valence-electron chi connectivity index (χ2n) is 3.33. The molecule has 1 aromatic carbocycles. The molecule has 8 heteroatoms. The molecule has 0 spiro atoms. The maximum absolute atomic E-state index is 12.1. The highest BCUT2D eigenvalue weighted by molar-refractivity contribution is 14.1. The Morgan fingerprint density at radius 1 is 1.39 bits per heavy atom. The van der Waals surface area contributed by atoms with Crippen LogP contribution in [-0.4, -0.2) is 16.1 Å². The van der Waals surface area contributed by atoms with Crippen LogP contribution in [0.5, 0.6) is 0 Å². The van der Waals surface area contributed by atoms with E-state index in [1.165, 1.54) is 11.3 Å². The first-order valence-corrected chi connectivity index (χ1v) is 7.38. The van der Waals surface area contributed by atoms with Gasteiger partial charge in [-0.25, -0.2) is 0 Å². The molecular weight excluding hydrogens is 408 g/mol. The maximum atomic E-state index is 12.1. The molecule has 0 atom stereocenters. The van der Waals surface area contributed by atoms with Crippen molar-refractivity contribution in [2.45, 2.75) is 6.92 Å². The van der Waals surface area contributed by atoms with Crippen LogP contribution in [-0.2, 0) is 0 Å². The number of anilines is 1. The molecule has 0 saturated carbocycles. The molecule has 0 bridgehead atoms. The minimum absolute atomic E-state index is 0.306. The number of aromatic nitrogens is 2. The molecule has 0 radical (unpaired) electrons. The summed E-state index contributed by atoms with van der Waals surface area (Å²) in [5.74, 6) is -0.306. The zero-order valence-electron chi connectivity index (χ0n) is 9.00. The molecule has 1 N–H and O–H groups in total. The molecule has 1 amide bonds. The molecule has 1 heterocycles. The fourth-order valence-electron chi connectivity index (χ4n) is 1.23. The molecule has 0 saturated heterocycles. The van der Waals surface area contributed by atoms with Crippen molar-refractivity contribution >= 4 is 68.2 Å². The summed E-state index contributed by atoms with van der Waals surface area (Å²) >= 11 is 15.2. The standard InChI is InChI=1S/C10H6Cl2IN3OS/c1-4-15-16-10(18-4)14-9(17)6-2-5(11)3-7(12)8(6)13/h2-3H,1H3,(H,14,16,17). The van der Waals surface area contributed by atoms with E-state index in [1.807, 2.05) is 29.5 Å². The van der Waals surface area contributed by atoms with Gasteiger partial charge in [0, 0.05) is 8.59 Å². The van der Waals surface area contributed by atoms with Gasteiger partial charge < -0.3 is 0 Å². The summed E-state index contributed by atoms with van der Waals surface area (Å²) in [5, 5.41) is 12.4. The monoisotopic (exact) mass is 413 g/mol. The summed E-state index contributed by atoms with van der Waals surface area (Å²) in [7, 11) is 0. The van der Waals surface area contributed by atoms with Crippen LogP contribution in [0.15, 0.2) is 12.1 Å². The highest BCUT2D eigenvalue weighted by atomic mass is 127. The zero-order chi connectivity index (χ0) is 13.3. The second-order valence-corrected chi connectivity index (χ2v) is 6.43. The average Bonchev–Trinajstić information content (AvgIpc) is 2.69. The topological polar surface area (TPSA) is 54.9 Å². The number of halogens is 3. The van der Waals surface area contributed by atoms with Gasteiger partial charge in [0.05, 0.1) is 10.6 Å². The van der Waals surface area contributed by atoms with Crippen LogP contribution in [0.25, 0.3) is 0 Å². The van der Waals surface area contributed by atoms with Crippen LogP contribution in [0.2, 0.25) is 10.0 Å². The number of hydrogen-bond acceptors (Lipinski definition) is 4. The van der Waals surface area contributed by atoms with E-state index in [2.05, 4.69) is 15.5 Å². The van der Waals surface area contributed by atoms with Crippen molar-refractivity contribution in [3.05, 3.63) is 36.3 Å². The number of rotatable bonds is 2. The van der Waals surface area contributed by atoms with Crippen LogP contribution >= 0.6 is 57.1 Å². The van der Waals surface area contributed by atoms with Crippen molar-refractivity contribution in [3.8, 4) is 0 Å². The minimum atomic E-state index is -0.306. The largest absolute Gasteiger partial charge is 0.296 e. The molecule has 1 aromatic heterocycles. The van der Waals surface area contributed by atoms with E-state index in [0.717, 1.165) is 5.01 Å². The summed E-state index contributed by atoms with van der Waals surface area (Å²) in [6, 6.07) is 3.16. The summed E-state index contributed by atoms with van der Waals surface area (Å²) < 4.78 is 0.650. The Balaban J connectivity index is 2.29. The number of nitrogens with zero attached hydrogens (tertiary/aromatic N) is 2. The third kappa shape index (κ3) is 3.11. The van der Waals surface area contributed by atoms with E-state index in [0.29, 0.717) is 24.3 Å². The van der Waals surface area contributed by atoms with E-state index in [4.69, 9.17) is 23.2 Å². The lowest BCUT2D eigenvalue weighted by Crippen LogP contribution is -2.13. The predicted molar refractivity (Wildman–Crippen MR) is 81.8 cm³/mol. The Labute approximate surface area is 131 Å². The minimum Gasteiger partial charge on any atom is -0.296 e. The van der Waals surface area contributed by atoms with Crippen LogP contribution in [0, 0.1) is 10.5 Å². The Kier molecular flexibility index (Phi) is 4.41. The zero-order valence-corrected chi connectivity index (χ0v) is 13.5. The van der Waals surface area contributed by atoms with E-state index in [9.17, 15) is 4.79 Å². The summed E-state index contributed by atoms with van der Waals surface area (Å²) in [6.45, 7) is 1.81. The van der Waals surface area contributed by atoms with Crippen LogP contribution < -0.4 is 5.32 Å². The van der Waals surface area contributed by atoms with Gasteiger partial charge in [-0.3, -0.25) is 10.1 Å². The van der Waals surface area contributed by atoms with Crippen molar-refractivity contribution < 1.29 is 4.79 Å². The van der Waals surface area contributed by atoms with E-state index >= 15 is 0 Å². The molecule has 94 valence electrons. The number of carbonyl (C=O) groups excluding carboxylic acids is 1. The second kappa shape index (κ2) is 5.68. The quantitative estimate of drug-likeness (QED) is 0.597. The Bertz CT molecular complexity index is 617. The van der Waals surface area contributed by atoms with Crippen molar-refractivity contribution in [2.75, 3.05) is 5.32 Å². The maximum Gasteiger partial charge on any atom is 0.258 e. The lowest BCUT2D eigenvalue weighted by atomic mass is 10.2. The normalized spacial score (nSPS) is 10.4. The third-order valence-electron chi connectivity index (χ3n) is 1.98. The van der Waals surface area contributed by atoms with E-state index in [-0.39, 0.29) is 5.91 Å². The third-order valence-corrected chi connectivity index (χ3v) is 4.74. The Morgan fingerprint density at radius 3 is 2.72 bits per heavy atom. The fourth-order valence-corrected chi connectivity index (χ4v) is 2.87. The van der Waals surface area contributed by atoms with Crippen molar-refractivity contribution in [2.24, 2.45) is 0 Å². The van der Waals surface area contributed by atoms with Gasteiger partial charge in [0.15, 0.2) is 0 Å². The molecule has 0 unspecified atom stereocenters. The van der Waals surface area contributed by atoms with Gasteiger partial charge in [0.25, 0.3) is 5.91 Å². The molecule has 2 rings (SSSR count). The Morgan fingerprint density at radius 2 is 2.11 bits per heavy atom. The Hall–Kier alpha value is -0.440. The number of amides is 1. The summed E-state index contributed by atoms with van der Waals surface area (Å²) in [4.78, 5) is 12.1. The van der Waals surface area contributed by atoms with Crippen LogP contribution in [0.3, 0.4) is 0 Å². The first-order valence-electron chi connectivity index (χ1n) is 4.73. The van der Waals surface area contributed by atoms with Gasteiger partial charge in [-0.05, 0) is 41.6 Å². The SMILES string of the molecule is Cc1nnc(NC(=O)c2cc(Cl)cc(Cl)c2I)s1. The number of hydrogen-bond donors (Lipinski definition) is 1. The molecule has 2 aromatic rings. The molecule has 0 aliphatic heterocycles. The first kappa shape index (κ1) is 14.0. The number of carbonyl (C=O) groups is 1. The molecule has 0 fully saturated rings. The highest BCUT2D eigenvalue weighted by Crippen LogP contribution is 2.27. The fraction of sp³-hybridized carbons (Fsp3) is 0.100. The van der Waals surface area contributed by atoms with Gasteiger partial charge in [-0.1, -0.05) is 34.5 Å². The summed E-state index contributed by atoms with van der Waals surface area (Å²) in [5.41, 5.74) is 0.418. The average molecular weight is 414 g/mol. The molecule has 0 aliphatic carbocycles. The molecule has 4 nitrogen and oxygen atoms in total. The molecule has 18 heavy (non-hydrogen) atoms. The van der Waals surface area contributed by atoms with Gasteiger partial charge in [0.1, 0.15) is 5.01 Å². The van der Waals surface area contributed by atoms with Gasteiger partial charge >= 0.3 is 0 Å². The summed E-state index contributed by atoms with van der Waals surface area (Å²) in [6.07, 6.45) is 0. The predicted octanol–water partition coefficient (Wildman–Crippen LogP) is 4.01. The van der Waals surface area contributed by atoms with E-state index in [1.54, 1.807) is 12.1 Å². The van der Waals surface area contributed by atoms with E-state index < -0.39 is 0 Å². The molecule has 0 aliphatic rings. The van der Waals surface area contributed by atoms with Crippen LogP contribution in [0.1, 0.15) is 15.4 Å². The lowest BCUT2D eigenvalue weighted by Gasteiger charge is -2.06. The number of aryl methyl sites for hydroxylation is 1. The van der Waals surface area contributed by atoms with Crippen molar-refractivity contribution in [1.82, 2.24) is 10.2 Å². The molecular formula is C10H6Cl2IN3OS. The van der Waals surface area contributed by atoms with Gasteiger partial charge in [-0.2, -0.15) is 0 Å². The van der Waals surface area contributed by atoms with Gasteiger partial charge in [0.2, 0.25) is 5.13 Å².